The summed E-state index contributed by atoms with van der Waals surface area (Å²) in [6.45, 7) is 14.9. The Bertz CT molecular complexity index is 989. The van der Waals surface area contributed by atoms with Crippen molar-refractivity contribution < 1.29 is 14.0 Å². The second-order valence-electron chi connectivity index (χ2n) is 15.4. The molecule has 0 atom stereocenters. The van der Waals surface area contributed by atoms with E-state index in [9.17, 15) is 0 Å². The average Bonchev–Trinajstić information content (AvgIpc) is 3.02. The van der Waals surface area contributed by atoms with Crippen LogP contribution in [0.4, 0.5) is 0 Å². The van der Waals surface area contributed by atoms with Gasteiger partial charge in [-0.15, -0.1) is 0 Å². The van der Waals surface area contributed by atoms with Gasteiger partial charge in [0.15, 0.2) is 0 Å². The largest absolute Gasteiger partial charge is 0.491 e. The van der Waals surface area contributed by atoms with Gasteiger partial charge in [0.2, 0.25) is 0 Å². The van der Waals surface area contributed by atoms with Crippen molar-refractivity contribution >= 4 is 0 Å². The van der Waals surface area contributed by atoms with Crippen molar-refractivity contribution in [2.45, 2.75) is 149 Å². The van der Waals surface area contributed by atoms with Crippen LogP contribution in [0.5, 0.6) is 5.75 Å². The van der Waals surface area contributed by atoms with Gasteiger partial charge < -0.3 is 14.0 Å². The van der Waals surface area contributed by atoms with Gasteiger partial charge in [-0.1, -0.05) is 161 Å². The number of quaternary nitrogens is 1. The van der Waals surface area contributed by atoms with Gasteiger partial charge in [0.05, 0.1) is 27.3 Å². The zero-order chi connectivity index (χ0) is 33.5. The van der Waals surface area contributed by atoms with Crippen LogP contribution < -0.4 is 4.74 Å². The lowest BCUT2D eigenvalue weighted by molar-refractivity contribution is -0.952. The topological polar surface area (TPSA) is 18.5 Å². The molecule has 2 aromatic rings. The highest BCUT2D eigenvalue weighted by Gasteiger charge is 2.48. The number of hydrogen-bond acceptors (Lipinski definition) is 2. The van der Waals surface area contributed by atoms with Gasteiger partial charge in [0.25, 0.3) is 0 Å². The third-order valence-corrected chi connectivity index (χ3v) is 10.0. The SMILES string of the molecule is CCCCCCCCCCCCCCCCc1ccccc1C(CC(C)C)(CC(C)C)[N+](C)(C)CCOCCOc1ccccc1. The fourth-order valence-electron chi connectivity index (χ4n) is 7.52. The molecule has 0 spiro atoms. The summed E-state index contributed by atoms with van der Waals surface area (Å²) in [5.74, 6) is 2.14. The van der Waals surface area contributed by atoms with Crippen molar-refractivity contribution in [3.8, 4) is 5.75 Å². The molecule has 0 N–H and O–H groups in total. The van der Waals surface area contributed by atoms with Crippen LogP contribution in [0.25, 0.3) is 0 Å². The van der Waals surface area contributed by atoms with Crippen molar-refractivity contribution in [1.82, 2.24) is 0 Å². The predicted octanol–water partition coefficient (Wildman–Crippen LogP) is 12.2. The van der Waals surface area contributed by atoms with Crippen LogP contribution in [0, 0.1) is 11.8 Å². The van der Waals surface area contributed by atoms with Gasteiger partial charge >= 0.3 is 0 Å². The Morgan fingerprint density at radius 2 is 1.09 bits per heavy atom. The molecule has 0 aliphatic heterocycles. The van der Waals surface area contributed by atoms with E-state index in [0.29, 0.717) is 25.0 Å². The molecule has 0 saturated carbocycles. The van der Waals surface area contributed by atoms with E-state index in [-0.39, 0.29) is 5.54 Å². The van der Waals surface area contributed by atoms with Crippen molar-refractivity contribution in [3.05, 3.63) is 65.7 Å². The molecule has 0 aliphatic rings. The Morgan fingerprint density at radius 1 is 0.587 bits per heavy atom. The second kappa shape index (κ2) is 23.5. The highest BCUT2D eigenvalue weighted by Crippen LogP contribution is 2.45. The number of unbranched alkanes of at least 4 members (excludes halogenated alkanes) is 13. The fraction of sp³-hybridized carbons (Fsp3) is 0.721. The molecule has 0 heterocycles. The van der Waals surface area contributed by atoms with Crippen LogP contribution >= 0.6 is 0 Å². The molecule has 0 bridgehead atoms. The van der Waals surface area contributed by atoms with Gasteiger partial charge in [-0.2, -0.15) is 0 Å². The Hall–Kier alpha value is -1.84. The minimum atomic E-state index is 0.0544. The van der Waals surface area contributed by atoms with E-state index in [1.165, 1.54) is 109 Å². The molecular formula is C43H74NO2+. The zero-order valence-corrected chi connectivity index (χ0v) is 31.5. The first kappa shape index (κ1) is 40.3. The Kier molecular flexibility index (Phi) is 20.6. The van der Waals surface area contributed by atoms with E-state index in [0.717, 1.165) is 23.4 Å². The zero-order valence-electron chi connectivity index (χ0n) is 31.5. The molecule has 0 aromatic heterocycles. The van der Waals surface area contributed by atoms with Gasteiger partial charge in [-0.05, 0) is 42.4 Å². The number of ether oxygens (including phenoxy) is 2. The highest BCUT2D eigenvalue weighted by molar-refractivity contribution is 5.33. The van der Waals surface area contributed by atoms with E-state index in [4.69, 9.17) is 9.47 Å². The smallest absolute Gasteiger partial charge is 0.125 e. The minimum Gasteiger partial charge on any atom is -0.491 e. The molecule has 0 fully saturated rings. The number of rotatable bonds is 28. The molecular weight excluding hydrogens is 562 g/mol. The Labute approximate surface area is 286 Å². The number of nitrogens with zero attached hydrogens (tertiary/aromatic N) is 1. The number of aryl methyl sites for hydroxylation is 1. The molecule has 0 radical (unpaired) electrons. The molecule has 0 unspecified atom stereocenters. The summed E-state index contributed by atoms with van der Waals surface area (Å²) < 4.78 is 13.0. The predicted molar refractivity (Wildman–Crippen MR) is 201 cm³/mol. The van der Waals surface area contributed by atoms with Crippen molar-refractivity contribution in [2.24, 2.45) is 11.8 Å². The number of hydrogen-bond donors (Lipinski definition) is 0. The van der Waals surface area contributed by atoms with Crippen molar-refractivity contribution in [1.29, 1.82) is 0 Å². The van der Waals surface area contributed by atoms with Gasteiger partial charge in [-0.3, -0.25) is 0 Å². The average molecular weight is 637 g/mol. The standard InChI is InChI=1S/C43H74NO2/c1-8-9-10-11-12-13-14-15-16-17-18-19-20-22-27-40-28-25-26-31-42(40)43(36-38(2)3,37-39(4)5)44(6,7)32-33-45-34-35-46-41-29-23-21-24-30-41/h21,23-26,28-31,38-39H,8-20,22,27,32-37H2,1-7H3/q+1. The van der Waals surface area contributed by atoms with E-state index in [1.54, 1.807) is 11.1 Å². The second-order valence-corrected chi connectivity index (χ2v) is 15.4. The maximum absolute atomic E-state index is 6.18. The molecule has 0 amide bonds. The molecule has 3 nitrogen and oxygen atoms in total. The lowest BCUT2D eigenvalue weighted by Crippen LogP contribution is -2.60. The van der Waals surface area contributed by atoms with Crippen LogP contribution in [-0.4, -0.2) is 44.9 Å². The summed E-state index contributed by atoms with van der Waals surface area (Å²) in [7, 11) is 4.91. The molecule has 46 heavy (non-hydrogen) atoms. The first-order chi connectivity index (χ1) is 22.2. The van der Waals surface area contributed by atoms with Crippen LogP contribution in [-0.2, 0) is 16.7 Å². The van der Waals surface area contributed by atoms with E-state index in [1.807, 2.05) is 30.3 Å². The molecule has 262 valence electrons. The molecule has 0 saturated heterocycles. The first-order valence-electron chi connectivity index (χ1n) is 19.4. The fourth-order valence-corrected chi connectivity index (χ4v) is 7.52. The molecule has 2 rings (SSSR count). The van der Waals surface area contributed by atoms with Crippen LogP contribution in [0.2, 0.25) is 0 Å². The number of likely N-dealkylation sites (N-methyl/N-ethyl adjacent to an activating group) is 1. The lowest BCUT2D eigenvalue weighted by atomic mass is 9.72. The summed E-state index contributed by atoms with van der Waals surface area (Å²) in [5.41, 5.74) is 3.22. The summed E-state index contributed by atoms with van der Waals surface area (Å²) in [5, 5.41) is 0. The molecule has 3 heteroatoms. The number of benzene rings is 2. The normalized spacial score (nSPS) is 12.4. The monoisotopic (exact) mass is 637 g/mol. The maximum Gasteiger partial charge on any atom is 0.125 e. The van der Waals surface area contributed by atoms with Gasteiger partial charge in [0, 0.05) is 18.4 Å². The summed E-state index contributed by atoms with van der Waals surface area (Å²) in [6.07, 6.45) is 23.3. The van der Waals surface area contributed by atoms with Crippen molar-refractivity contribution in [3.63, 3.8) is 0 Å². The number of para-hydroxylation sites is 1. The molecule has 2 aromatic carbocycles. The van der Waals surface area contributed by atoms with Gasteiger partial charge in [-0.25, -0.2) is 0 Å². The van der Waals surface area contributed by atoms with E-state index >= 15 is 0 Å². The van der Waals surface area contributed by atoms with Crippen molar-refractivity contribution in [2.75, 3.05) is 40.5 Å². The van der Waals surface area contributed by atoms with Gasteiger partial charge in [0.1, 0.15) is 24.4 Å². The Morgan fingerprint density at radius 3 is 1.63 bits per heavy atom. The van der Waals surface area contributed by atoms with Crippen LogP contribution in [0.15, 0.2) is 54.6 Å². The van der Waals surface area contributed by atoms with E-state index < -0.39 is 0 Å². The minimum absolute atomic E-state index is 0.0544. The Balaban J connectivity index is 1.92. The summed E-state index contributed by atoms with van der Waals surface area (Å²) in [6, 6.07) is 19.5. The summed E-state index contributed by atoms with van der Waals surface area (Å²) in [4.78, 5) is 0. The third-order valence-electron chi connectivity index (χ3n) is 10.0. The van der Waals surface area contributed by atoms with E-state index in [2.05, 4.69) is 73.0 Å². The summed E-state index contributed by atoms with van der Waals surface area (Å²) >= 11 is 0. The van der Waals surface area contributed by atoms with Crippen LogP contribution in [0.3, 0.4) is 0 Å². The molecule has 0 aliphatic carbocycles. The highest BCUT2D eigenvalue weighted by atomic mass is 16.5. The first-order valence-corrected chi connectivity index (χ1v) is 19.4. The maximum atomic E-state index is 6.18. The quantitative estimate of drug-likeness (QED) is 0.0683. The third kappa shape index (κ3) is 15.4. The lowest BCUT2D eigenvalue weighted by Gasteiger charge is -2.52. The van der Waals surface area contributed by atoms with Crippen LogP contribution in [0.1, 0.15) is 148 Å².